The summed E-state index contributed by atoms with van der Waals surface area (Å²) in [5, 5.41) is 4.88. The number of allylic oxidation sites excluding steroid dienone is 1. The Kier molecular flexibility index (Phi) is 4.06. The molecule has 0 unspecified atom stereocenters. The first-order chi connectivity index (χ1) is 9.25. The van der Waals surface area contributed by atoms with Gasteiger partial charge in [-0.15, -0.1) is 5.73 Å². The number of carbonyl (C=O) groups excluding carboxylic acids is 2. The standard InChI is InChI=1S/C15H14N2O2/c1-2-3-4-5-8-11-16-17-14(18)12-9-6-7-10-13(12)15(17)19/h3,6-7,9-11H,1,4-5,8H2. The lowest BCUT2D eigenvalue weighted by Crippen LogP contribution is -2.23. The molecule has 0 bridgehead atoms. The molecular formula is C15H14N2O2. The van der Waals surface area contributed by atoms with Crippen LogP contribution in [-0.4, -0.2) is 23.0 Å². The van der Waals surface area contributed by atoms with Crippen LogP contribution in [-0.2, 0) is 0 Å². The van der Waals surface area contributed by atoms with Crippen LogP contribution in [0.15, 0.2) is 47.8 Å². The van der Waals surface area contributed by atoms with E-state index in [4.69, 9.17) is 0 Å². The van der Waals surface area contributed by atoms with Crippen LogP contribution in [0.4, 0.5) is 0 Å². The molecule has 1 aromatic rings. The average Bonchev–Trinajstić information content (AvgIpc) is 2.68. The maximum Gasteiger partial charge on any atom is 0.282 e. The highest BCUT2D eigenvalue weighted by atomic mass is 16.2. The fourth-order valence-electron chi connectivity index (χ4n) is 1.83. The average molecular weight is 254 g/mol. The van der Waals surface area contributed by atoms with Crippen molar-refractivity contribution in [3.8, 4) is 0 Å². The quantitative estimate of drug-likeness (QED) is 0.351. The number of hydrazone groups is 1. The van der Waals surface area contributed by atoms with Gasteiger partial charge in [-0.3, -0.25) is 9.59 Å². The van der Waals surface area contributed by atoms with Crippen molar-refractivity contribution < 1.29 is 9.59 Å². The van der Waals surface area contributed by atoms with Crippen molar-refractivity contribution in [2.75, 3.05) is 0 Å². The third-order valence-corrected chi connectivity index (χ3v) is 2.80. The van der Waals surface area contributed by atoms with Crippen molar-refractivity contribution in [2.24, 2.45) is 5.10 Å². The fourth-order valence-corrected chi connectivity index (χ4v) is 1.83. The van der Waals surface area contributed by atoms with Crippen molar-refractivity contribution in [3.63, 3.8) is 0 Å². The van der Waals surface area contributed by atoms with Gasteiger partial charge in [0.1, 0.15) is 0 Å². The Balaban J connectivity index is 2.00. The second kappa shape index (κ2) is 5.94. The van der Waals surface area contributed by atoms with E-state index >= 15 is 0 Å². The number of carbonyl (C=O) groups is 2. The van der Waals surface area contributed by atoms with Gasteiger partial charge < -0.3 is 0 Å². The molecule has 1 aromatic carbocycles. The summed E-state index contributed by atoms with van der Waals surface area (Å²) in [7, 11) is 0. The van der Waals surface area contributed by atoms with Crippen LogP contribution in [0, 0.1) is 0 Å². The van der Waals surface area contributed by atoms with Gasteiger partial charge in [0.05, 0.1) is 11.1 Å². The third kappa shape index (κ3) is 2.69. The topological polar surface area (TPSA) is 49.7 Å². The van der Waals surface area contributed by atoms with Crippen LogP contribution >= 0.6 is 0 Å². The molecule has 1 heterocycles. The smallest absolute Gasteiger partial charge is 0.267 e. The number of hydrogen-bond acceptors (Lipinski definition) is 3. The van der Waals surface area contributed by atoms with Gasteiger partial charge in [-0.2, -0.15) is 10.1 Å². The van der Waals surface area contributed by atoms with Crippen molar-refractivity contribution >= 4 is 18.0 Å². The molecule has 96 valence electrons. The van der Waals surface area contributed by atoms with Gasteiger partial charge >= 0.3 is 0 Å². The summed E-state index contributed by atoms with van der Waals surface area (Å²) in [5.74, 6) is -0.717. The maximum absolute atomic E-state index is 11.9. The molecular weight excluding hydrogens is 240 g/mol. The first-order valence-electron chi connectivity index (χ1n) is 6.10. The zero-order valence-electron chi connectivity index (χ0n) is 10.5. The highest BCUT2D eigenvalue weighted by Crippen LogP contribution is 2.22. The highest BCUT2D eigenvalue weighted by Gasteiger charge is 2.34. The number of nitrogens with zero attached hydrogens (tertiary/aromatic N) is 2. The molecule has 0 aliphatic carbocycles. The molecule has 1 aliphatic heterocycles. The SMILES string of the molecule is C=C=CCCCC=NN1C(=O)c2ccccc2C1=O. The molecule has 19 heavy (non-hydrogen) atoms. The van der Waals surface area contributed by atoms with E-state index in [-0.39, 0.29) is 11.8 Å². The van der Waals surface area contributed by atoms with Crippen LogP contribution < -0.4 is 0 Å². The summed E-state index contributed by atoms with van der Waals surface area (Å²) in [6.45, 7) is 3.47. The number of unbranched alkanes of at least 4 members (excludes halogenated alkanes) is 2. The Labute approximate surface area is 111 Å². The van der Waals surface area contributed by atoms with E-state index in [1.807, 2.05) is 6.08 Å². The van der Waals surface area contributed by atoms with Gasteiger partial charge in [0, 0.05) is 6.21 Å². The molecule has 2 rings (SSSR count). The van der Waals surface area contributed by atoms with E-state index in [9.17, 15) is 9.59 Å². The van der Waals surface area contributed by atoms with Gasteiger partial charge in [0.15, 0.2) is 0 Å². The lowest BCUT2D eigenvalue weighted by molar-refractivity contribution is 0.0659. The molecule has 0 radical (unpaired) electrons. The molecule has 0 fully saturated rings. The van der Waals surface area contributed by atoms with Gasteiger partial charge in [-0.05, 0) is 37.5 Å². The summed E-state index contributed by atoms with van der Waals surface area (Å²) in [6, 6.07) is 6.75. The summed E-state index contributed by atoms with van der Waals surface area (Å²) >= 11 is 0. The first-order valence-corrected chi connectivity index (χ1v) is 6.10. The number of imide groups is 1. The van der Waals surface area contributed by atoms with Crippen LogP contribution in [0.5, 0.6) is 0 Å². The van der Waals surface area contributed by atoms with Crippen molar-refractivity contribution in [1.29, 1.82) is 0 Å². The summed E-state index contributed by atoms with van der Waals surface area (Å²) in [5.41, 5.74) is 3.52. The Bertz CT molecular complexity index is 549. The van der Waals surface area contributed by atoms with Crippen LogP contribution in [0.1, 0.15) is 40.0 Å². The van der Waals surface area contributed by atoms with E-state index in [1.165, 1.54) is 0 Å². The lowest BCUT2D eigenvalue weighted by atomic mass is 10.1. The third-order valence-electron chi connectivity index (χ3n) is 2.80. The lowest BCUT2D eigenvalue weighted by Gasteiger charge is -2.04. The Morgan fingerprint density at radius 3 is 2.37 bits per heavy atom. The van der Waals surface area contributed by atoms with E-state index < -0.39 is 0 Å². The molecule has 2 amide bonds. The van der Waals surface area contributed by atoms with Gasteiger partial charge in [-0.25, -0.2) is 0 Å². The van der Waals surface area contributed by atoms with E-state index in [0.29, 0.717) is 17.5 Å². The maximum atomic E-state index is 11.9. The Morgan fingerprint density at radius 1 is 1.16 bits per heavy atom. The number of amides is 2. The monoisotopic (exact) mass is 254 g/mol. The minimum atomic E-state index is -0.358. The second-order valence-electron chi connectivity index (χ2n) is 4.10. The molecule has 4 heteroatoms. The van der Waals surface area contributed by atoms with Gasteiger partial charge in [0.25, 0.3) is 11.8 Å². The molecule has 0 atom stereocenters. The highest BCUT2D eigenvalue weighted by molar-refractivity contribution is 6.21. The largest absolute Gasteiger partial charge is 0.282 e. The Hall–Kier alpha value is -2.45. The number of rotatable bonds is 5. The van der Waals surface area contributed by atoms with Crippen LogP contribution in [0.25, 0.3) is 0 Å². The van der Waals surface area contributed by atoms with Gasteiger partial charge in [0.2, 0.25) is 0 Å². The molecule has 0 saturated heterocycles. The molecule has 4 nitrogen and oxygen atoms in total. The minimum absolute atomic E-state index is 0.358. The summed E-state index contributed by atoms with van der Waals surface area (Å²) < 4.78 is 0. The molecule has 0 N–H and O–H groups in total. The zero-order chi connectivity index (χ0) is 13.7. The minimum Gasteiger partial charge on any atom is -0.267 e. The molecule has 0 saturated carbocycles. The number of benzene rings is 1. The van der Waals surface area contributed by atoms with Crippen LogP contribution in [0.2, 0.25) is 0 Å². The molecule has 0 aromatic heterocycles. The first kappa shape index (κ1) is 13.0. The normalized spacial score (nSPS) is 13.8. The van der Waals surface area contributed by atoms with Crippen LogP contribution in [0.3, 0.4) is 0 Å². The van der Waals surface area contributed by atoms with E-state index in [1.54, 1.807) is 30.5 Å². The second-order valence-corrected chi connectivity index (χ2v) is 4.10. The zero-order valence-corrected chi connectivity index (χ0v) is 10.5. The predicted octanol–water partition coefficient (Wildman–Crippen LogP) is 2.78. The fraction of sp³-hybridized carbons (Fsp3) is 0.200. The molecule has 0 spiro atoms. The predicted molar refractivity (Wildman–Crippen MR) is 73.0 cm³/mol. The van der Waals surface area contributed by atoms with Crippen molar-refractivity contribution in [1.82, 2.24) is 5.01 Å². The van der Waals surface area contributed by atoms with Crippen molar-refractivity contribution in [3.05, 3.63) is 53.8 Å². The number of fused-ring (bicyclic) bond motifs is 1. The van der Waals surface area contributed by atoms with Crippen molar-refractivity contribution in [2.45, 2.75) is 19.3 Å². The van der Waals surface area contributed by atoms with E-state index in [0.717, 1.165) is 17.9 Å². The molecule has 1 aliphatic rings. The summed E-state index contributed by atoms with van der Waals surface area (Å²) in [4.78, 5) is 23.9. The summed E-state index contributed by atoms with van der Waals surface area (Å²) in [6.07, 6.45) is 5.88. The van der Waals surface area contributed by atoms with E-state index in [2.05, 4.69) is 17.4 Å². The Morgan fingerprint density at radius 2 is 1.79 bits per heavy atom. The van der Waals surface area contributed by atoms with Gasteiger partial charge in [-0.1, -0.05) is 18.7 Å². The number of hydrogen-bond donors (Lipinski definition) is 0.